The molecule has 39 heteroatoms. The molecular weight excluding hydrogens is 910 g/mol. The number of hydrogen-bond acceptors (Lipinski definition) is 27. The molecule has 33 nitrogen and oxygen atoms in total. The number of nitrogens with two attached hydrogens (primary N) is 2. The molecule has 340 valence electrons. The molecule has 12 atom stereocenters. The normalized spacial score (nSPS) is 27.7. The van der Waals surface area contributed by atoms with E-state index >= 15 is 0 Å². The Bertz CT molecular complexity index is 2380. The van der Waals surface area contributed by atoms with E-state index in [-0.39, 0.29) is 58.8 Å². The molecule has 2 unspecified atom stereocenters. The minimum Gasteiger partial charge on any atom is -0.756 e. The van der Waals surface area contributed by atoms with Crippen molar-refractivity contribution in [1.82, 2.24) is 53.7 Å². The van der Waals surface area contributed by atoms with Crippen molar-refractivity contribution in [2.24, 2.45) is 14.1 Å². The fourth-order valence-corrected chi connectivity index (χ4v) is 11.0. The molecule has 0 aliphatic carbocycles. The first kappa shape index (κ1) is 53.8. The first-order valence-corrected chi connectivity index (χ1v) is 21.8. The van der Waals surface area contributed by atoms with Crippen molar-refractivity contribution in [3.8, 4) is 0 Å². The second-order valence-corrected chi connectivity index (χ2v) is 18.8. The maximum atomic E-state index is 12.7. The number of anilines is 2. The third-order valence-electron chi connectivity index (χ3n) is 8.27. The lowest BCUT2D eigenvalue weighted by molar-refractivity contribution is -0.746. The van der Waals surface area contributed by atoms with E-state index in [1.165, 1.54) is 35.9 Å². The number of aryl methyl sites for hydroxylation is 2. The third kappa shape index (κ3) is 11.3. The van der Waals surface area contributed by atoms with Gasteiger partial charge in [-0.3, -0.25) is 47.0 Å². The van der Waals surface area contributed by atoms with Gasteiger partial charge in [0.15, 0.2) is 12.7 Å². The molecule has 0 saturated carbocycles. The van der Waals surface area contributed by atoms with Gasteiger partial charge in [0, 0.05) is 0 Å². The highest BCUT2D eigenvalue weighted by atomic mass is 31.3. The van der Waals surface area contributed by atoms with E-state index < -0.39 is 104 Å². The van der Waals surface area contributed by atoms with E-state index in [4.69, 9.17) is 45.1 Å². The van der Waals surface area contributed by atoms with Crippen molar-refractivity contribution < 1.29 is 89.1 Å². The fraction of sp³-hybridized carbons (Fsp3) is 0.545. The van der Waals surface area contributed by atoms with Crippen LogP contribution in [0.1, 0.15) is 12.5 Å². The number of aliphatic hydroxyl groups is 4. The number of hydrogen-bond donors (Lipinski definition) is 12. The van der Waals surface area contributed by atoms with Gasteiger partial charge in [-0.05, 0) is 0 Å². The summed E-state index contributed by atoms with van der Waals surface area (Å²) in [4.78, 5) is 61.9. The maximum Gasteiger partial charge on any atom is 0.313 e. The summed E-state index contributed by atoms with van der Waals surface area (Å²) in [6, 6.07) is 0. The van der Waals surface area contributed by atoms with Crippen LogP contribution in [0.2, 0.25) is 0 Å². The topological polar surface area (TPSA) is 561 Å². The molecule has 4 aromatic heterocycles. The first-order chi connectivity index (χ1) is 26.3. The Hall–Kier alpha value is -3.33. The second kappa shape index (κ2) is 19.2. The van der Waals surface area contributed by atoms with E-state index in [9.17, 15) is 58.1 Å². The summed E-state index contributed by atoms with van der Waals surface area (Å²) in [6.07, 6.45) is -10.8. The third-order valence-corrected chi connectivity index (χ3v) is 14.3. The number of aromatic amines is 2. The molecule has 4 aromatic rings. The Morgan fingerprint density at radius 2 is 1.03 bits per heavy atom. The van der Waals surface area contributed by atoms with Gasteiger partial charge in [-0.25, -0.2) is 22.1 Å². The first-order valence-electron chi connectivity index (χ1n) is 15.7. The quantitative estimate of drug-likeness (QED) is 0.0319. The number of rotatable bonds is 14. The summed E-state index contributed by atoms with van der Waals surface area (Å²) in [6.45, 7) is -2.12. The van der Waals surface area contributed by atoms with E-state index in [0.717, 1.165) is 9.13 Å². The van der Waals surface area contributed by atoms with E-state index in [0.29, 0.717) is 0 Å². The Labute approximate surface area is 343 Å². The smallest absolute Gasteiger partial charge is 0.313 e. The van der Waals surface area contributed by atoms with Crippen molar-refractivity contribution in [2.75, 3.05) is 24.7 Å². The monoisotopic (exact) mass is 952 g/mol. The van der Waals surface area contributed by atoms with Crippen LogP contribution in [0.15, 0.2) is 22.2 Å². The number of aliphatic hydroxyl groups excluding tert-OH is 4. The highest BCUT2D eigenvalue weighted by molar-refractivity contribution is 7.85. The summed E-state index contributed by atoms with van der Waals surface area (Å²) >= 11 is 0. The molecule has 6 heterocycles. The molecule has 0 amide bonds. The number of ether oxygens (including phenoxy) is 2. The van der Waals surface area contributed by atoms with Gasteiger partial charge in [0.05, 0.1) is 27.3 Å². The molecule has 22 N–H and O–H groups in total. The zero-order valence-corrected chi connectivity index (χ0v) is 35.3. The Kier molecular flexibility index (Phi) is 16.9. The summed E-state index contributed by atoms with van der Waals surface area (Å²) in [7, 11) is -10.1. The van der Waals surface area contributed by atoms with Gasteiger partial charge in [-0.2, -0.15) is 0 Å². The number of fused-ring (bicyclic) bond motifs is 2. The molecule has 0 aromatic carbocycles. The van der Waals surface area contributed by atoms with Gasteiger partial charge in [-0.1, -0.05) is 9.97 Å². The standard InChI is InChI=1S/C22H30B2N10O19P4.4H3N/c1-31-5-33(15-9(31)17(39)29-21(25)27-15)19-13(37)11(35)7(49-19)3-47-54(23,41)51-56(43,44)53-57(45,46)52-55(24,42)48-4-8-12(36)14(38)20(50-8)34-6-32(2)10-16(34)28-22(26)30-18(10)40;;;;/h5-8,11-14,19-20,35-38H,3-4H2,1-2H3,(H6-2,25,26,27,28,29,30,39,40,43,44,45,46);4*1H3/t7-,8-,11-,12-,13-,14-,19-,20-,54-,55-;;;;/m1..../s1. The molecular formula is C22H42B2N14O19P4. The van der Waals surface area contributed by atoms with Crippen LogP contribution in [0.3, 0.4) is 0 Å². The van der Waals surface area contributed by atoms with Gasteiger partial charge >= 0.3 is 11.3 Å². The van der Waals surface area contributed by atoms with Crippen LogP contribution in [-0.4, -0.2) is 114 Å². The molecule has 2 fully saturated rings. The summed E-state index contributed by atoms with van der Waals surface area (Å²) in [5.74, 6) is -0.590. The summed E-state index contributed by atoms with van der Waals surface area (Å²) in [5, 5.41) is 42.3. The van der Waals surface area contributed by atoms with Crippen molar-refractivity contribution in [3.63, 3.8) is 0 Å². The van der Waals surface area contributed by atoms with E-state index in [2.05, 4.69) is 32.9 Å². The molecule has 2 saturated heterocycles. The lowest BCUT2D eigenvalue weighted by Gasteiger charge is -2.33. The number of H-pyrrole nitrogens is 2. The molecule has 4 radical (unpaired) electrons. The average molecular weight is 952 g/mol. The zero-order valence-electron chi connectivity index (χ0n) is 31.7. The van der Waals surface area contributed by atoms with Crippen LogP contribution < -0.4 is 66.1 Å². The van der Waals surface area contributed by atoms with Gasteiger partial charge in [0.2, 0.25) is 38.6 Å². The average Bonchev–Trinajstić information content (AvgIpc) is 3.74. The number of imidazole rings is 2. The van der Waals surface area contributed by atoms with Gasteiger partial charge in [0.1, 0.15) is 36.6 Å². The number of nitrogen functional groups attached to an aromatic ring is 2. The lowest BCUT2D eigenvalue weighted by Crippen LogP contribution is -2.46. The van der Waals surface area contributed by atoms with Gasteiger partial charge in [-0.15, -0.1) is 0 Å². The van der Waals surface area contributed by atoms with E-state index in [1.807, 2.05) is 0 Å². The van der Waals surface area contributed by atoms with Crippen LogP contribution in [-0.2, 0) is 63.8 Å². The molecule has 0 bridgehead atoms. The van der Waals surface area contributed by atoms with Crippen LogP contribution in [0.5, 0.6) is 0 Å². The van der Waals surface area contributed by atoms with Crippen molar-refractivity contribution >= 4 is 79.9 Å². The Balaban J connectivity index is 0.00000320. The fourth-order valence-electron chi connectivity index (χ4n) is 5.94. The Morgan fingerprint density at radius 1 is 0.705 bits per heavy atom. The predicted molar refractivity (Wildman–Crippen MR) is 201 cm³/mol. The summed E-state index contributed by atoms with van der Waals surface area (Å²) in [5.41, 5.74) is 9.74. The molecule has 2 aliphatic rings. The lowest BCUT2D eigenvalue weighted by atomic mass is 10.1. The van der Waals surface area contributed by atoms with Crippen LogP contribution in [0, 0.1) is 0 Å². The molecule has 2 aliphatic heterocycles. The second-order valence-electron chi connectivity index (χ2n) is 12.4. The summed E-state index contributed by atoms with van der Waals surface area (Å²) < 4.78 is 87.3. The minimum atomic E-state index is -6.38. The highest BCUT2D eigenvalue weighted by Crippen LogP contribution is 2.68. The molecule has 0 spiro atoms. The predicted octanol–water partition coefficient (Wildman–Crippen LogP) is -5.26. The molecule has 61 heavy (non-hydrogen) atoms. The van der Waals surface area contributed by atoms with E-state index in [1.54, 1.807) is 0 Å². The Morgan fingerprint density at radius 3 is 1.36 bits per heavy atom. The number of nitrogens with one attached hydrogen (secondary N) is 2. The zero-order chi connectivity index (χ0) is 42.2. The van der Waals surface area contributed by atoms with Crippen LogP contribution in [0.4, 0.5) is 11.9 Å². The highest BCUT2D eigenvalue weighted by Gasteiger charge is 2.49. The number of nitrogens with zero attached hydrogens (tertiary/aromatic N) is 6. The number of aromatic nitrogens is 8. The van der Waals surface area contributed by atoms with Gasteiger partial charge < -0.3 is 84.8 Å². The maximum absolute atomic E-state index is 12.7. The van der Waals surface area contributed by atoms with Crippen molar-refractivity contribution in [2.45, 2.75) is 49.1 Å². The minimum absolute atomic E-state index is 0. The van der Waals surface area contributed by atoms with Gasteiger partial charge in [0.25, 0.3) is 53.6 Å². The number of phosphoric acid groups is 2. The van der Waals surface area contributed by atoms with Crippen LogP contribution >= 0.6 is 30.6 Å². The largest absolute Gasteiger partial charge is 0.756 e. The van der Waals surface area contributed by atoms with Crippen molar-refractivity contribution in [3.05, 3.63) is 33.4 Å². The van der Waals surface area contributed by atoms with Crippen LogP contribution in [0.25, 0.3) is 22.3 Å². The van der Waals surface area contributed by atoms with Crippen molar-refractivity contribution in [1.29, 1.82) is 0 Å². The molecule has 6 rings (SSSR count). The SMILES string of the molecule is N.N.N.N.[B][P@@](=O)(OC[C@H]1O[C@@H]([n+]2cn(C)c3c(=O)[nH]c(N)nc32)[C@H](O)[C@@H]1O)OP(=O)([O-])OP(=O)([O-])O[P@]([B])(=O)OC[C@H]1O[C@@H]([n+]2cn(C)c3c(=O)[nH]c(N)nc32)[C@H](O)[C@@H]1O.